The van der Waals surface area contributed by atoms with E-state index in [-0.39, 0.29) is 12.5 Å². The maximum Gasteiger partial charge on any atom is 0.253 e. The molecular formula is C14H19BrN2O2. The van der Waals surface area contributed by atoms with Crippen LogP contribution in [0.4, 0.5) is 5.69 Å². The molecule has 1 aliphatic carbocycles. The zero-order valence-electron chi connectivity index (χ0n) is 10.8. The zero-order chi connectivity index (χ0) is 13.9. The van der Waals surface area contributed by atoms with Crippen molar-refractivity contribution in [2.75, 3.05) is 12.3 Å². The topological polar surface area (TPSA) is 75.4 Å². The average Bonchev–Trinajstić information content (AvgIpc) is 2.40. The summed E-state index contributed by atoms with van der Waals surface area (Å²) in [5.41, 5.74) is 5.91. The quantitative estimate of drug-likeness (QED) is 0.747. The van der Waals surface area contributed by atoms with Gasteiger partial charge in [-0.2, -0.15) is 0 Å². The first kappa shape index (κ1) is 14.3. The van der Waals surface area contributed by atoms with Crippen LogP contribution >= 0.6 is 15.9 Å². The maximum absolute atomic E-state index is 12.1. The summed E-state index contributed by atoms with van der Waals surface area (Å²) >= 11 is 3.32. The summed E-state index contributed by atoms with van der Waals surface area (Å²) in [6.45, 7) is 0.289. The molecule has 1 aromatic rings. The van der Waals surface area contributed by atoms with Crippen molar-refractivity contribution >= 4 is 27.5 Å². The first-order valence-corrected chi connectivity index (χ1v) is 7.35. The first-order chi connectivity index (χ1) is 9.00. The zero-order valence-corrected chi connectivity index (χ0v) is 12.4. The molecule has 1 aliphatic rings. The van der Waals surface area contributed by atoms with E-state index in [0.29, 0.717) is 11.3 Å². The Hall–Kier alpha value is -1.07. The Morgan fingerprint density at radius 3 is 2.74 bits per heavy atom. The molecule has 4 nitrogen and oxygen atoms in total. The van der Waals surface area contributed by atoms with Gasteiger partial charge in [-0.25, -0.2) is 0 Å². The second kappa shape index (κ2) is 5.92. The number of hydrogen-bond acceptors (Lipinski definition) is 3. The van der Waals surface area contributed by atoms with E-state index in [4.69, 9.17) is 5.73 Å². The van der Waals surface area contributed by atoms with Gasteiger partial charge >= 0.3 is 0 Å². The van der Waals surface area contributed by atoms with Gasteiger partial charge in [0.2, 0.25) is 0 Å². The lowest BCUT2D eigenvalue weighted by Gasteiger charge is -2.32. The first-order valence-electron chi connectivity index (χ1n) is 6.56. The van der Waals surface area contributed by atoms with Crippen LogP contribution in [-0.2, 0) is 0 Å². The summed E-state index contributed by atoms with van der Waals surface area (Å²) < 4.78 is 0.809. The molecule has 5 heteroatoms. The third kappa shape index (κ3) is 3.70. The molecule has 0 aliphatic heterocycles. The number of nitrogens with two attached hydrogens (primary N) is 1. The molecule has 0 radical (unpaired) electrons. The molecule has 0 aromatic heterocycles. The highest BCUT2D eigenvalue weighted by Gasteiger charge is 2.29. The number of aliphatic hydroxyl groups is 1. The molecule has 0 bridgehead atoms. The minimum absolute atomic E-state index is 0.238. The van der Waals surface area contributed by atoms with Crippen LogP contribution in [0.2, 0.25) is 0 Å². The summed E-state index contributed by atoms with van der Waals surface area (Å²) in [5, 5.41) is 13.1. The van der Waals surface area contributed by atoms with E-state index in [9.17, 15) is 9.90 Å². The number of anilines is 1. The van der Waals surface area contributed by atoms with Gasteiger partial charge in [-0.3, -0.25) is 4.79 Å². The highest BCUT2D eigenvalue weighted by Crippen LogP contribution is 2.27. The lowest BCUT2D eigenvalue weighted by Crippen LogP contribution is -2.44. The second-order valence-electron chi connectivity index (χ2n) is 5.20. The highest BCUT2D eigenvalue weighted by molar-refractivity contribution is 9.10. The number of nitrogen functional groups attached to an aromatic ring is 1. The molecule has 19 heavy (non-hydrogen) atoms. The van der Waals surface area contributed by atoms with Crippen LogP contribution in [0.25, 0.3) is 0 Å². The molecule has 1 saturated carbocycles. The van der Waals surface area contributed by atoms with Crippen molar-refractivity contribution in [2.45, 2.75) is 37.7 Å². The van der Waals surface area contributed by atoms with Crippen LogP contribution < -0.4 is 11.1 Å². The fourth-order valence-corrected chi connectivity index (χ4v) is 2.81. The van der Waals surface area contributed by atoms with E-state index < -0.39 is 5.60 Å². The molecule has 0 atom stereocenters. The lowest BCUT2D eigenvalue weighted by molar-refractivity contribution is 0.00526. The Bertz CT molecular complexity index is 471. The standard InChI is InChI=1S/C14H19BrN2O2/c15-10-4-5-12(16)11(8-10)13(18)17-9-14(19)6-2-1-3-7-14/h4-5,8,19H,1-3,6-7,9,16H2,(H,17,18). The molecule has 104 valence electrons. The number of rotatable bonds is 3. The van der Waals surface area contributed by atoms with Crippen LogP contribution in [0.1, 0.15) is 42.5 Å². The number of nitrogens with one attached hydrogen (secondary N) is 1. The Morgan fingerprint density at radius 1 is 1.37 bits per heavy atom. The monoisotopic (exact) mass is 326 g/mol. The van der Waals surface area contributed by atoms with Gasteiger partial charge < -0.3 is 16.2 Å². The van der Waals surface area contributed by atoms with Gasteiger partial charge in [-0.05, 0) is 31.0 Å². The van der Waals surface area contributed by atoms with Crippen LogP contribution in [-0.4, -0.2) is 23.2 Å². The Kier molecular flexibility index (Phi) is 4.47. The van der Waals surface area contributed by atoms with Gasteiger partial charge in [0.25, 0.3) is 5.91 Å². The number of benzene rings is 1. The van der Waals surface area contributed by atoms with Crippen molar-refractivity contribution in [3.05, 3.63) is 28.2 Å². The molecule has 4 N–H and O–H groups in total. The molecular weight excluding hydrogens is 308 g/mol. The van der Waals surface area contributed by atoms with Gasteiger partial charge in [-0.15, -0.1) is 0 Å². The van der Waals surface area contributed by atoms with E-state index in [1.54, 1.807) is 18.2 Å². The van der Waals surface area contributed by atoms with Crippen LogP contribution in [0, 0.1) is 0 Å². The fraction of sp³-hybridized carbons (Fsp3) is 0.500. The van der Waals surface area contributed by atoms with Crippen LogP contribution in [0.3, 0.4) is 0 Å². The summed E-state index contributed by atoms with van der Waals surface area (Å²) in [6, 6.07) is 5.17. The number of halogens is 1. The van der Waals surface area contributed by atoms with Crippen molar-refractivity contribution in [3.8, 4) is 0 Å². The average molecular weight is 327 g/mol. The Morgan fingerprint density at radius 2 is 2.05 bits per heavy atom. The smallest absolute Gasteiger partial charge is 0.253 e. The van der Waals surface area contributed by atoms with Gasteiger partial charge in [0.15, 0.2) is 0 Å². The molecule has 0 saturated heterocycles. The van der Waals surface area contributed by atoms with E-state index in [1.807, 2.05) is 0 Å². The van der Waals surface area contributed by atoms with Crippen LogP contribution in [0.15, 0.2) is 22.7 Å². The van der Waals surface area contributed by atoms with Gasteiger partial charge in [0.05, 0.1) is 11.2 Å². The summed E-state index contributed by atoms with van der Waals surface area (Å²) in [7, 11) is 0. The molecule has 0 heterocycles. The van der Waals surface area contributed by atoms with E-state index >= 15 is 0 Å². The molecule has 1 aromatic carbocycles. The van der Waals surface area contributed by atoms with Crippen molar-refractivity contribution in [3.63, 3.8) is 0 Å². The van der Waals surface area contributed by atoms with Crippen LogP contribution in [0.5, 0.6) is 0 Å². The summed E-state index contributed by atoms with van der Waals surface area (Å²) in [4.78, 5) is 12.1. The highest BCUT2D eigenvalue weighted by atomic mass is 79.9. The van der Waals surface area contributed by atoms with E-state index in [1.165, 1.54) is 0 Å². The summed E-state index contributed by atoms with van der Waals surface area (Å²) in [6.07, 6.45) is 4.70. The number of amides is 1. The minimum atomic E-state index is -0.755. The van der Waals surface area contributed by atoms with E-state index in [2.05, 4.69) is 21.2 Å². The third-order valence-corrected chi connectivity index (χ3v) is 4.12. The molecule has 0 spiro atoms. The van der Waals surface area contributed by atoms with Crippen molar-refractivity contribution < 1.29 is 9.90 Å². The predicted molar refractivity (Wildman–Crippen MR) is 78.9 cm³/mol. The number of hydrogen-bond donors (Lipinski definition) is 3. The van der Waals surface area contributed by atoms with Gasteiger partial charge in [0, 0.05) is 16.7 Å². The lowest BCUT2D eigenvalue weighted by atomic mass is 9.85. The normalized spacial score (nSPS) is 18.0. The predicted octanol–water partition coefficient (Wildman–Crippen LogP) is 2.46. The molecule has 1 fully saturated rings. The minimum Gasteiger partial charge on any atom is -0.398 e. The SMILES string of the molecule is Nc1ccc(Br)cc1C(=O)NCC1(O)CCCCC1. The summed E-state index contributed by atoms with van der Waals surface area (Å²) in [5.74, 6) is -0.238. The van der Waals surface area contributed by atoms with Gasteiger partial charge in [0.1, 0.15) is 0 Å². The third-order valence-electron chi connectivity index (χ3n) is 3.62. The number of carbonyl (C=O) groups is 1. The number of carbonyl (C=O) groups excluding carboxylic acids is 1. The largest absolute Gasteiger partial charge is 0.398 e. The Labute approximate surface area is 121 Å². The maximum atomic E-state index is 12.1. The molecule has 1 amide bonds. The van der Waals surface area contributed by atoms with Crippen molar-refractivity contribution in [1.29, 1.82) is 0 Å². The fourth-order valence-electron chi connectivity index (χ4n) is 2.45. The Balaban J connectivity index is 1.99. The van der Waals surface area contributed by atoms with Crippen molar-refractivity contribution in [1.82, 2.24) is 5.32 Å². The molecule has 2 rings (SSSR count). The second-order valence-corrected chi connectivity index (χ2v) is 6.11. The van der Waals surface area contributed by atoms with Crippen molar-refractivity contribution in [2.24, 2.45) is 0 Å². The molecule has 0 unspecified atom stereocenters. The van der Waals surface area contributed by atoms with Gasteiger partial charge in [-0.1, -0.05) is 35.2 Å². The van der Waals surface area contributed by atoms with E-state index in [0.717, 1.165) is 36.6 Å².